The van der Waals surface area contributed by atoms with Crippen molar-refractivity contribution in [3.05, 3.63) is 59.6 Å². The van der Waals surface area contributed by atoms with Crippen LogP contribution in [-0.2, 0) is 9.59 Å². The molecule has 0 radical (unpaired) electrons. The Morgan fingerprint density at radius 3 is 2.65 bits per heavy atom. The first-order valence-corrected chi connectivity index (χ1v) is 11.4. The Balaban J connectivity index is 1.38. The highest BCUT2D eigenvalue weighted by Gasteiger charge is 2.35. The van der Waals surface area contributed by atoms with Crippen LogP contribution in [0.15, 0.2) is 54.6 Å². The summed E-state index contributed by atoms with van der Waals surface area (Å²) in [5.41, 5.74) is 1.60. The number of likely N-dealkylation sites (tertiary alicyclic amines) is 1. The number of thiazole rings is 1. The van der Waals surface area contributed by atoms with Gasteiger partial charge in [0.15, 0.2) is 6.10 Å². The molecule has 1 fully saturated rings. The summed E-state index contributed by atoms with van der Waals surface area (Å²) >= 11 is 1.54. The lowest BCUT2D eigenvalue weighted by Gasteiger charge is -2.37. The molecule has 3 heterocycles. The van der Waals surface area contributed by atoms with Gasteiger partial charge in [-0.3, -0.25) is 9.59 Å². The van der Waals surface area contributed by atoms with Crippen molar-refractivity contribution >= 4 is 45.1 Å². The summed E-state index contributed by atoms with van der Waals surface area (Å²) in [6, 6.07) is 15.3. The van der Waals surface area contributed by atoms with Gasteiger partial charge < -0.3 is 14.5 Å². The fourth-order valence-corrected chi connectivity index (χ4v) is 4.95. The SMILES string of the molecule is O=C(C1CN(C(=O)C=Cc2nc3ccccc3s2)c2ccccc2O1)N1CCCCC1. The highest BCUT2D eigenvalue weighted by molar-refractivity contribution is 7.19. The summed E-state index contributed by atoms with van der Waals surface area (Å²) in [4.78, 5) is 34.2. The molecule has 1 atom stereocenters. The highest BCUT2D eigenvalue weighted by atomic mass is 32.1. The minimum atomic E-state index is -0.687. The maximum Gasteiger partial charge on any atom is 0.265 e. The third-order valence-corrected chi connectivity index (χ3v) is 6.66. The molecule has 0 saturated carbocycles. The number of rotatable bonds is 3. The number of amides is 2. The van der Waals surface area contributed by atoms with Gasteiger partial charge in [0, 0.05) is 19.2 Å². The molecule has 3 aromatic rings. The Labute approximate surface area is 184 Å². The van der Waals surface area contributed by atoms with E-state index in [9.17, 15) is 9.59 Å². The third kappa shape index (κ3) is 4.05. The van der Waals surface area contributed by atoms with Gasteiger partial charge in [0.1, 0.15) is 10.8 Å². The molecule has 2 aromatic carbocycles. The van der Waals surface area contributed by atoms with Crippen LogP contribution in [0.2, 0.25) is 0 Å². The normalized spacial score (nSPS) is 18.8. The van der Waals surface area contributed by atoms with Crippen molar-refractivity contribution in [3.8, 4) is 5.75 Å². The third-order valence-electron chi connectivity index (χ3n) is 5.66. The average molecular weight is 434 g/mol. The van der Waals surface area contributed by atoms with Crippen LogP contribution < -0.4 is 9.64 Å². The molecule has 2 aliphatic heterocycles. The summed E-state index contributed by atoms with van der Waals surface area (Å²) in [7, 11) is 0. The van der Waals surface area contributed by atoms with Crippen LogP contribution in [0, 0.1) is 0 Å². The fraction of sp³-hybridized carbons (Fsp3) is 0.292. The van der Waals surface area contributed by atoms with E-state index >= 15 is 0 Å². The van der Waals surface area contributed by atoms with E-state index in [0.29, 0.717) is 11.4 Å². The zero-order valence-corrected chi connectivity index (χ0v) is 17.9. The molecule has 7 heteroatoms. The molecule has 5 rings (SSSR count). The van der Waals surface area contributed by atoms with Crippen LogP contribution in [0.5, 0.6) is 5.75 Å². The number of nitrogens with zero attached hydrogens (tertiary/aromatic N) is 3. The quantitative estimate of drug-likeness (QED) is 0.583. The Bertz CT molecular complexity index is 1120. The van der Waals surface area contributed by atoms with Crippen molar-refractivity contribution in [2.75, 3.05) is 24.5 Å². The maximum absolute atomic E-state index is 13.1. The van der Waals surface area contributed by atoms with Gasteiger partial charge in [-0.25, -0.2) is 4.98 Å². The topological polar surface area (TPSA) is 62.7 Å². The first-order chi connectivity index (χ1) is 15.2. The van der Waals surface area contributed by atoms with Crippen molar-refractivity contribution in [2.45, 2.75) is 25.4 Å². The molecule has 6 nitrogen and oxygen atoms in total. The molecular formula is C24H23N3O3S. The number of carbonyl (C=O) groups is 2. The summed E-state index contributed by atoms with van der Waals surface area (Å²) in [5, 5.41) is 0.775. The van der Waals surface area contributed by atoms with Crippen LogP contribution >= 0.6 is 11.3 Å². The van der Waals surface area contributed by atoms with Crippen molar-refractivity contribution < 1.29 is 14.3 Å². The number of fused-ring (bicyclic) bond motifs is 2. The number of hydrogen-bond acceptors (Lipinski definition) is 5. The van der Waals surface area contributed by atoms with Crippen LogP contribution in [0.1, 0.15) is 24.3 Å². The Morgan fingerprint density at radius 1 is 1.03 bits per heavy atom. The molecule has 2 aliphatic rings. The zero-order chi connectivity index (χ0) is 21.2. The van der Waals surface area contributed by atoms with E-state index in [2.05, 4.69) is 4.98 Å². The second kappa shape index (κ2) is 8.51. The molecule has 0 aliphatic carbocycles. The summed E-state index contributed by atoms with van der Waals surface area (Å²) in [6.07, 6.45) is 5.77. The molecule has 31 heavy (non-hydrogen) atoms. The Kier molecular flexibility index (Phi) is 5.42. The van der Waals surface area contributed by atoms with E-state index in [1.165, 1.54) is 6.08 Å². The largest absolute Gasteiger partial charge is 0.476 e. The van der Waals surface area contributed by atoms with Gasteiger partial charge in [-0.1, -0.05) is 24.3 Å². The first kappa shape index (κ1) is 19.8. The number of benzene rings is 2. The van der Waals surface area contributed by atoms with Crippen molar-refractivity contribution in [1.29, 1.82) is 0 Å². The number of aromatic nitrogens is 1. The monoisotopic (exact) mass is 433 g/mol. The molecule has 0 bridgehead atoms. The lowest BCUT2D eigenvalue weighted by Crippen LogP contribution is -2.52. The average Bonchev–Trinajstić information content (AvgIpc) is 3.25. The summed E-state index contributed by atoms with van der Waals surface area (Å²) < 4.78 is 7.09. The van der Waals surface area contributed by atoms with Gasteiger partial charge in [-0.2, -0.15) is 0 Å². The zero-order valence-electron chi connectivity index (χ0n) is 17.1. The number of piperidine rings is 1. The standard InChI is InChI=1S/C24H23N3O3S/c28-23(13-12-22-25-17-8-2-5-11-21(17)31-22)27-16-20(24(29)26-14-6-1-7-15-26)30-19-10-4-3-9-18(19)27/h2-5,8-13,20H,1,6-7,14-16H2. The molecular weight excluding hydrogens is 410 g/mol. The van der Waals surface area contributed by atoms with Gasteiger partial charge in [0.05, 0.1) is 22.4 Å². The van der Waals surface area contributed by atoms with Crippen LogP contribution in [0.25, 0.3) is 16.3 Å². The van der Waals surface area contributed by atoms with Crippen LogP contribution in [0.4, 0.5) is 5.69 Å². The van der Waals surface area contributed by atoms with E-state index in [1.54, 1.807) is 22.3 Å². The predicted octanol–water partition coefficient (Wildman–Crippen LogP) is 4.12. The van der Waals surface area contributed by atoms with E-state index < -0.39 is 6.10 Å². The van der Waals surface area contributed by atoms with Gasteiger partial charge >= 0.3 is 0 Å². The van der Waals surface area contributed by atoms with E-state index in [0.717, 1.165) is 47.6 Å². The first-order valence-electron chi connectivity index (χ1n) is 10.6. The van der Waals surface area contributed by atoms with Crippen molar-refractivity contribution in [2.24, 2.45) is 0 Å². The highest BCUT2D eigenvalue weighted by Crippen LogP contribution is 2.34. The van der Waals surface area contributed by atoms with Crippen LogP contribution in [0.3, 0.4) is 0 Å². The molecule has 2 amide bonds. The molecule has 158 valence electrons. The lowest BCUT2D eigenvalue weighted by molar-refractivity contribution is -0.139. The van der Waals surface area contributed by atoms with E-state index in [1.807, 2.05) is 53.4 Å². The van der Waals surface area contributed by atoms with E-state index in [4.69, 9.17) is 4.74 Å². The minimum Gasteiger partial charge on any atom is -0.476 e. The molecule has 1 unspecified atom stereocenters. The molecule has 0 N–H and O–H groups in total. The second-order valence-electron chi connectivity index (χ2n) is 7.76. The smallest absolute Gasteiger partial charge is 0.265 e. The Hall–Kier alpha value is -3.19. The number of anilines is 1. The number of para-hydroxylation sites is 3. The van der Waals surface area contributed by atoms with Gasteiger partial charge in [0.25, 0.3) is 11.8 Å². The second-order valence-corrected chi connectivity index (χ2v) is 8.82. The summed E-state index contributed by atoms with van der Waals surface area (Å²) in [6.45, 7) is 1.72. The lowest BCUT2D eigenvalue weighted by atomic mass is 10.1. The predicted molar refractivity (Wildman–Crippen MR) is 122 cm³/mol. The Morgan fingerprint density at radius 2 is 1.81 bits per heavy atom. The van der Waals surface area contributed by atoms with Gasteiger partial charge in [-0.05, 0) is 49.6 Å². The summed E-state index contributed by atoms with van der Waals surface area (Å²) in [5.74, 6) is 0.333. The molecule has 1 aromatic heterocycles. The minimum absolute atomic E-state index is 0.0397. The maximum atomic E-state index is 13.1. The van der Waals surface area contributed by atoms with E-state index in [-0.39, 0.29) is 18.4 Å². The van der Waals surface area contributed by atoms with Gasteiger partial charge in [-0.15, -0.1) is 11.3 Å². The molecule has 0 spiro atoms. The van der Waals surface area contributed by atoms with Crippen molar-refractivity contribution in [1.82, 2.24) is 9.88 Å². The molecule has 1 saturated heterocycles. The van der Waals surface area contributed by atoms with Crippen LogP contribution in [-0.4, -0.2) is 47.4 Å². The number of ether oxygens (including phenoxy) is 1. The fourth-order valence-electron chi connectivity index (χ4n) is 4.08. The van der Waals surface area contributed by atoms with Gasteiger partial charge in [0.2, 0.25) is 0 Å². The number of hydrogen-bond donors (Lipinski definition) is 0. The number of carbonyl (C=O) groups excluding carboxylic acids is 2. The van der Waals surface area contributed by atoms with Crippen molar-refractivity contribution in [3.63, 3.8) is 0 Å².